The van der Waals surface area contributed by atoms with Crippen LogP contribution >= 0.6 is 15.9 Å². The summed E-state index contributed by atoms with van der Waals surface area (Å²) < 4.78 is 7.12. The number of hydrogen-bond donors (Lipinski definition) is 1. The highest BCUT2D eigenvalue weighted by Gasteiger charge is 2.40. The molecule has 0 aliphatic heterocycles. The van der Waals surface area contributed by atoms with Crippen molar-refractivity contribution in [2.24, 2.45) is 5.92 Å². The number of ether oxygens (including phenoxy) is 1. The highest BCUT2D eigenvalue weighted by Crippen LogP contribution is 2.37. The number of halogens is 1. The van der Waals surface area contributed by atoms with Crippen LogP contribution in [0.4, 0.5) is 0 Å². The summed E-state index contributed by atoms with van der Waals surface area (Å²) >= 11 is 3.19. The quantitative estimate of drug-likeness (QED) is 0.825. The predicted octanol–water partition coefficient (Wildman–Crippen LogP) is 1.92. The molecule has 1 aromatic rings. The Morgan fingerprint density at radius 2 is 2.45 bits per heavy atom. The van der Waals surface area contributed by atoms with E-state index >= 15 is 0 Å². The van der Waals surface area contributed by atoms with Gasteiger partial charge in [0.25, 0.3) is 0 Å². The smallest absolute Gasteiger partial charge is 0.306 e. The van der Waals surface area contributed by atoms with Crippen molar-refractivity contribution >= 4 is 21.9 Å². The van der Waals surface area contributed by atoms with Gasteiger partial charge in [0.05, 0.1) is 25.2 Å². The Morgan fingerprint density at radius 1 is 1.65 bits per heavy atom. The zero-order chi connectivity index (χ0) is 14.6. The van der Waals surface area contributed by atoms with Gasteiger partial charge in [-0.25, -0.2) is 9.67 Å². The summed E-state index contributed by atoms with van der Waals surface area (Å²) in [5.41, 5.74) is -0.919. The monoisotopic (exact) mass is 345 g/mol. The van der Waals surface area contributed by atoms with Gasteiger partial charge in [0.15, 0.2) is 0 Å². The molecule has 20 heavy (non-hydrogen) atoms. The van der Waals surface area contributed by atoms with Crippen LogP contribution in [0.25, 0.3) is 0 Å². The van der Waals surface area contributed by atoms with Gasteiger partial charge in [0, 0.05) is 0 Å². The summed E-state index contributed by atoms with van der Waals surface area (Å²) in [4.78, 5) is 15.7. The average Bonchev–Trinajstić information content (AvgIpc) is 2.78. The number of carbonyl (C=O) groups is 1. The lowest BCUT2D eigenvalue weighted by Crippen LogP contribution is -2.45. The van der Waals surface area contributed by atoms with Gasteiger partial charge in [-0.1, -0.05) is 12.8 Å². The van der Waals surface area contributed by atoms with Crippen LogP contribution < -0.4 is 0 Å². The lowest BCUT2D eigenvalue weighted by atomic mass is 9.73. The SMILES string of the molecule is CCOC(=O)C[C@@H]1CCCC[C@@]1(O)Cn1cnc(Br)n1. The Balaban J connectivity index is 2.06. The summed E-state index contributed by atoms with van der Waals surface area (Å²) in [6.07, 6.45) is 5.36. The molecule has 0 bridgehead atoms. The number of hydrogen-bond acceptors (Lipinski definition) is 5. The molecule has 0 aromatic carbocycles. The fourth-order valence-electron chi connectivity index (χ4n) is 2.84. The number of aliphatic hydroxyl groups is 1. The molecule has 1 aliphatic carbocycles. The summed E-state index contributed by atoms with van der Waals surface area (Å²) in [6, 6.07) is 0. The maximum Gasteiger partial charge on any atom is 0.306 e. The van der Waals surface area contributed by atoms with Crippen LogP contribution in [0.3, 0.4) is 0 Å². The predicted molar refractivity (Wildman–Crippen MR) is 75.9 cm³/mol. The topological polar surface area (TPSA) is 77.2 Å². The first-order valence-electron chi connectivity index (χ1n) is 6.96. The lowest BCUT2D eigenvalue weighted by molar-refractivity contribution is -0.149. The third-order valence-electron chi connectivity index (χ3n) is 3.83. The molecule has 1 aliphatic rings. The molecule has 6 nitrogen and oxygen atoms in total. The largest absolute Gasteiger partial charge is 0.466 e. The first-order chi connectivity index (χ1) is 9.53. The van der Waals surface area contributed by atoms with Crippen molar-refractivity contribution in [2.45, 2.75) is 51.2 Å². The molecule has 0 radical (unpaired) electrons. The molecular weight excluding hydrogens is 326 g/mol. The standard InChI is InChI=1S/C13H20BrN3O3/c1-2-20-11(18)7-10-5-3-4-6-13(10,19)8-17-9-15-12(14)16-17/h9-10,19H,2-8H2,1H3/t10-,13+/m0/s1. The number of rotatable bonds is 5. The van der Waals surface area contributed by atoms with Crippen molar-refractivity contribution in [3.8, 4) is 0 Å². The molecule has 1 saturated carbocycles. The van der Waals surface area contributed by atoms with Gasteiger partial charge in [0.1, 0.15) is 6.33 Å². The molecule has 1 fully saturated rings. The molecule has 2 atom stereocenters. The summed E-state index contributed by atoms with van der Waals surface area (Å²) in [5.74, 6) is -0.323. The van der Waals surface area contributed by atoms with Crippen LogP contribution in [0.2, 0.25) is 0 Å². The third kappa shape index (κ3) is 3.79. The first-order valence-corrected chi connectivity index (χ1v) is 7.76. The molecule has 2 rings (SSSR count). The Bertz CT molecular complexity index is 465. The summed E-state index contributed by atoms with van der Waals surface area (Å²) in [7, 11) is 0. The Kier molecular flexibility index (Phi) is 5.15. The van der Waals surface area contributed by atoms with E-state index in [0.717, 1.165) is 19.3 Å². The lowest BCUT2D eigenvalue weighted by Gasteiger charge is -2.39. The van der Waals surface area contributed by atoms with Crippen LogP contribution in [0.5, 0.6) is 0 Å². The van der Waals surface area contributed by atoms with Crippen LogP contribution in [0.1, 0.15) is 39.0 Å². The second-order valence-electron chi connectivity index (χ2n) is 5.27. The average molecular weight is 346 g/mol. The van der Waals surface area contributed by atoms with E-state index in [4.69, 9.17) is 4.74 Å². The van der Waals surface area contributed by atoms with Crippen molar-refractivity contribution < 1.29 is 14.6 Å². The van der Waals surface area contributed by atoms with Gasteiger partial charge in [-0.2, -0.15) is 0 Å². The van der Waals surface area contributed by atoms with Gasteiger partial charge in [0.2, 0.25) is 4.73 Å². The highest BCUT2D eigenvalue weighted by molar-refractivity contribution is 9.10. The molecular formula is C13H20BrN3O3. The maximum atomic E-state index is 11.7. The Morgan fingerprint density at radius 3 is 3.10 bits per heavy atom. The van der Waals surface area contributed by atoms with Crippen LogP contribution in [0.15, 0.2) is 11.1 Å². The van der Waals surface area contributed by atoms with E-state index in [2.05, 4.69) is 26.0 Å². The van der Waals surface area contributed by atoms with E-state index in [-0.39, 0.29) is 18.3 Å². The molecule has 0 unspecified atom stereocenters. The minimum atomic E-state index is -0.919. The van der Waals surface area contributed by atoms with Crippen molar-refractivity contribution in [2.75, 3.05) is 6.61 Å². The van der Waals surface area contributed by atoms with Crippen LogP contribution in [-0.4, -0.2) is 38.0 Å². The van der Waals surface area contributed by atoms with Gasteiger partial charge in [-0.3, -0.25) is 4.79 Å². The maximum absolute atomic E-state index is 11.7. The van der Waals surface area contributed by atoms with Gasteiger partial charge >= 0.3 is 5.97 Å². The van der Waals surface area contributed by atoms with E-state index in [1.54, 1.807) is 17.9 Å². The normalized spacial score (nSPS) is 26.4. The summed E-state index contributed by atoms with van der Waals surface area (Å²) in [6.45, 7) is 2.52. The molecule has 7 heteroatoms. The second-order valence-corrected chi connectivity index (χ2v) is 5.98. The molecule has 0 amide bonds. The minimum Gasteiger partial charge on any atom is -0.466 e. The van der Waals surface area contributed by atoms with E-state index < -0.39 is 5.60 Å². The van der Waals surface area contributed by atoms with Crippen LogP contribution in [-0.2, 0) is 16.1 Å². The molecule has 112 valence electrons. The molecule has 0 spiro atoms. The van der Waals surface area contributed by atoms with E-state index in [0.29, 0.717) is 24.3 Å². The summed E-state index contributed by atoms with van der Waals surface area (Å²) in [5, 5.41) is 15.0. The van der Waals surface area contributed by atoms with Crippen LogP contribution in [0, 0.1) is 5.92 Å². The van der Waals surface area contributed by atoms with Crippen molar-refractivity contribution in [3.05, 3.63) is 11.1 Å². The fraction of sp³-hybridized carbons (Fsp3) is 0.769. The molecule has 1 N–H and O–H groups in total. The third-order valence-corrected chi connectivity index (χ3v) is 4.20. The van der Waals surface area contributed by atoms with E-state index in [9.17, 15) is 9.90 Å². The molecule has 0 saturated heterocycles. The van der Waals surface area contributed by atoms with E-state index in [1.165, 1.54) is 0 Å². The number of esters is 1. The van der Waals surface area contributed by atoms with Crippen molar-refractivity contribution in [1.29, 1.82) is 0 Å². The van der Waals surface area contributed by atoms with Crippen molar-refractivity contribution in [1.82, 2.24) is 14.8 Å². The van der Waals surface area contributed by atoms with Gasteiger partial charge in [-0.15, -0.1) is 5.10 Å². The van der Waals surface area contributed by atoms with Gasteiger partial charge in [-0.05, 0) is 41.6 Å². The number of aromatic nitrogens is 3. The zero-order valence-corrected chi connectivity index (χ0v) is 13.2. The minimum absolute atomic E-state index is 0.0849. The van der Waals surface area contributed by atoms with E-state index in [1.807, 2.05) is 0 Å². The highest BCUT2D eigenvalue weighted by atomic mass is 79.9. The first kappa shape index (κ1) is 15.4. The Hall–Kier alpha value is -0.950. The van der Waals surface area contributed by atoms with Gasteiger partial charge < -0.3 is 9.84 Å². The second kappa shape index (κ2) is 6.67. The Labute approximate surface area is 126 Å². The molecule has 1 heterocycles. The zero-order valence-electron chi connectivity index (χ0n) is 11.6. The fourth-order valence-corrected chi connectivity index (χ4v) is 3.14. The van der Waals surface area contributed by atoms with Crippen molar-refractivity contribution in [3.63, 3.8) is 0 Å². The number of nitrogens with zero attached hydrogens (tertiary/aromatic N) is 3. The number of carbonyl (C=O) groups excluding carboxylic acids is 1. The molecule has 1 aromatic heterocycles.